The van der Waals surface area contributed by atoms with Gasteiger partial charge in [-0.3, -0.25) is 4.98 Å². The Morgan fingerprint density at radius 2 is 2.00 bits per heavy atom. The van der Waals surface area contributed by atoms with E-state index in [9.17, 15) is 4.79 Å². The minimum absolute atomic E-state index is 0.294. The summed E-state index contributed by atoms with van der Waals surface area (Å²) in [5, 5.41) is 8.96. The first-order valence-electron chi connectivity index (χ1n) is 6.93. The summed E-state index contributed by atoms with van der Waals surface area (Å²) in [7, 11) is 0. The van der Waals surface area contributed by atoms with E-state index < -0.39 is 5.97 Å². The highest BCUT2D eigenvalue weighted by Crippen LogP contribution is 2.20. The van der Waals surface area contributed by atoms with Crippen molar-refractivity contribution in [3.05, 3.63) is 58.4 Å². The highest BCUT2D eigenvalue weighted by molar-refractivity contribution is 5.87. The molecule has 1 aromatic heterocycles. The van der Waals surface area contributed by atoms with E-state index in [1.807, 2.05) is 32.9 Å². The van der Waals surface area contributed by atoms with Crippen molar-refractivity contribution in [3.63, 3.8) is 0 Å². The van der Waals surface area contributed by atoms with Crippen molar-refractivity contribution in [1.29, 1.82) is 0 Å². The van der Waals surface area contributed by atoms with Crippen LogP contribution in [0.2, 0.25) is 0 Å². The molecule has 0 atom stereocenters. The second kappa shape index (κ2) is 6.39. The normalized spacial score (nSPS) is 10.4. The fourth-order valence-corrected chi connectivity index (χ4v) is 2.13. The van der Waals surface area contributed by atoms with Crippen molar-refractivity contribution in [2.24, 2.45) is 0 Å². The lowest BCUT2D eigenvalue weighted by atomic mass is 10.1. The van der Waals surface area contributed by atoms with Crippen molar-refractivity contribution in [2.45, 2.75) is 33.8 Å². The smallest absolute Gasteiger partial charge is 0.335 e. The standard InChI is InChI=1S/C17H19NO3/c1-4-15-16(8-5-12(3)18-15)21-10-14-7-6-13(17(19)20)9-11(14)2/h5-9H,4,10H2,1-3H3,(H,19,20). The number of rotatable bonds is 5. The molecule has 0 aliphatic carbocycles. The lowest BCUT2D eigenvalue weighted by Crippen LogP contribution is -2.04. The number of carbonyl (C=O) groups is 1. The van der Waals surface area contributed by atoms with Gasteiger partial charge in [0.15, 0.2) is 0 Å². The molecule has 1 N–H and O–H groups in total. The molecule has 0 aliphatic rings. The second-order valence-corrected chi connectivity index (χ2v) is 4.99. The lowest BCUT2D eigenvalue weighted by molar-refractivity contribution is 0.0696. The Hall–Kier alpha value is -2.36. The van der Waals surface area contributed by atoms with Crippen molar-refractivity contribution < 1.29 is 14.6 Å². The van der Waals surface area contributed by atoms with Crippen LogP contribution in [0, 0.1) is 13.8 Å². The Bertz CT molecular complexity index is 665. The van der Waals surface area contributed by atoms with Crippen LogP contribution in [0.15, 0.2) is 30.3 Å². The van der Waals surface area contributed by atoms with Crippen LogP contribution in [0.25, 0.3) is 0 Å². The molecule has 0 fully saturated rings. The summed E-state index contributed by atoms with van der Waals surface area (Å²) in [6.07, 6.45) is 0.813. The molecule has 4 nitrogen and oxygen atoms in total. The monoisotopic (exact) mass is 285 g/mol. The number of carboxylic acid groups (broad SMARTS) is 1. The molecule has 0 unspecified atom stereocenters. The van der Waals surface area contributed by atoms with Crippen molar-refractivity contribution in [3.8, 4) is 5.75 Å². The van der Waals surface area contributed by atoms with E-state index in [2.05, 4.69) is 4.98 Å². The van der Waals surface area contributed by atoms with Gasteiger partial charge in [0.25, 0.3) is 0 Å². The molecule has 2 aromatic rings. The average molecular weight is 285 g/mol. The maximum atomic E-state index is 10.9. The molecule has 110 valence electrons. The number of benzene rings is 1. The average Bonchev–Trinajstić information content (AvgIpc) is 2.46. The summed E-state index contributed by atoms with van der Waals surface area (Å²) < 4.78 is 5.84. The summed E-state index contributed by atoms with van der Waals surface area (Å²) in [6, 6.07) is 8.92. The third kappa shape index (κ3) is 3.60. The minimum Gasteiger partial charge on any atom is -0.487 e. The number of hydrogen-bond donors (Lipinski definition) is 1. The number of carboxylic acids is 1. The van der Waals surface area contributed by atoms with Gasteiger partial charge in [0.1, 0.15) is 12.4 Å². The molecular weight excluding hydrogens is 266 g/mol. The molecule has 4 heteroatoms. The van der Waals surface area contributed by atoms with E-state index >= 15 is 0 Å². The number of aromatic carboxylic acids is 1. The van der Waals surface area contributed by atoms with Gasteiger partial charge in [-0.25, -0.2) is 4.79 Å². The fraction of sp³-hybridized carbons (Fsp3) is 0.294. The molecule has 1 heterocycles. The molecule has 0 spiro atoms. The quantitative estimate of drug-likeness (QED) is 0.912. The van der Waals surface area contributed by atoms with Crippen LogP contribution < -0.4 is 4.74 Å². The third-order valence-corrected chi connectivity index (χ3v) is 3.38. The van der Waals surface area contributed by atoms with Gasteiger partial charge >= 0.3 is 5.97 Å². The van der Waals surface area contributed by atoms with Crippen LogP contribution >= 0.6 is 0 Å². The summed E-state index contributed by atoms with van der Waals surface area (Å²) >= 11 is 0. The SMILES string of the molecule is CCc1nc(C)ccc1OCc1ccc(C(=O)O)cc1C. The van der Waals surface area contributed by atoms with Gasteiger partial charge < -0.3 is 9.84 Å². The molecule has 0 radical (unpaired) electrons. The maximum Gasteiger partial charge on any atom is 0.335 e. The van der Waals surface area contributed by atoms with Gasteiger partial charge in [-0.2, -0.15) is 0 Å². The number of ether oxygens (including phenoxy) is 1. The molecule has 0 bridgehead atoms. The molecular formula is C17H19NO3. The third-order valence-electron chi connectivity index (χ3n) is 3.38. The van der Waals surface area contributed by atoms with Crippen LogP contribution in [-0.2, 0) is 13.0 Å². The van der Waals surface area contributed by atoms with Gasteiger partial charge in [0, 0.05) is 5.69 Å². The molecule has 2 rings (SSSR count). The van der Waals surface area contributed by atoms with E-state index in [1.54, 1.807) is 18.2 Å². The maximum absolute atomic E-state index is 10.9. The summed E-state index contributed by atoms with van der Waals surface area (Å²) in [4.78, 5) is 15.4. The highest BCUT2D eigenvalue weighted by atomic mass is 16.5. The molecule has 0 saturated carbocycles. The molecule has 1 aromatic carbocycles. The van der Waals surface area contributed by atoms with Gasteiger partial charge in [0.05, 0.1) is 11.3 Å². The number of aromatic nitrogens is 1. The van der Waals surface area contributed by atoms with Crippen LogP contribution in [0.4, 0.5) is 0 Å². The van der Waals surface area contributed by atoms with Crippen molar-refractivity contribution in [2.75, 3.05) is 0 Å². The predicted octanol–water partition coefficient (Wildman–Crippen LogP) is 3.54. The Labute approximate surface area is 124 Å². The molecule has 0 amide bonds. The second-order valence-electron chi connectivity index (χ2n) is 4.99. The van der Waals surface area contributed by atoms with Gasteiger partial charge in [0.2, 0.25) is 0 Å². The zero-order valence-corrected chi connectivity index (χ0v) is 12.5. The van der Waals surface area contributed by atoms with E-state index in [0.29, 0.717) is 12.2 Å². The number of aryl methyl sites for hydroxylation is 3. The number of pyridine rings is 1. The van der Waals surface area contributed by atoms with E-state index in [-0.39, 0.29) is 0 Å². The predicted molar refractivity (Wildman–Crippen MR) is 80.8 cm³/mol. The van der Waals surface area contributed by atoms with Crippen molar-refractivity contribution in [1.82, 2.24) is 4.98 Å². The van der Waals surface area contributed by atoms with E-state index in [0.717, 1.165) is 34.7 Å². The van der Waals surface area contributed by atoms with Gasteiger partial charge in [-0.1, -0.05) is 13.0 Å². The Morgan fingerprint density at radius 1 is 1.24 bits per heavy atom. The largest absolute Gasteiger partial charge is 0.487 e. The Morgan fingerprint density at radius 3 is 2.62 bits per heavy atom. The first-order chi connectivity index (χ1) is 10.0. The topological polar surface area (TPSA) is 59.4 Å². The number of hydrogen-bond acceptors (Lipinski definition) is 3. The number of nitrogens with zero attached hydrogens (tertiary/aromatic N) is 1. The van der Waals surface area contributed by atoms with Crippen LogP contribution in [-0.4, -0.2) is 16.1 Å². The Kier molecular flexibility index (Phi) is 4.58. The lowest BCUT2D eigenvalue weighted by Gasteiger charge is -2.12. The van der Waals surface area contributed by atoms with Crippen LogP contribution in [0.3, 0.4) is 0 Å². The highest BCUT2D eigenvalue weighted by Gasteiger charge is 2.08. The molecule has 0 saturated heterocycles. The minimum atomic E-state index is -0.915. The van der Waals surface area contributed by atoms with E-state index in [4.69, 9.17) is 9.84 Å². The van der Waals surface area contributed by atoms with Gasteiger partial charge in [-0.15, -0.1) is 0 Å². The van der Waals surface area contributed by atoms with E-state index in [1.165, 1.54) is 0 Å². The summed E-state index contributed by atoms with van der Waals surface area (Å²) in [5.74, 6) is -0.133. The van der Waals surface area contributed by atoms with Crippen LogP contribution in [0.1, 0.15) is 39.8 Å². The molecule has 21 heavy (non-hydrogen) atoms. The Balaban J connectivity index is 2.15. The summed E-state index contributed by atoms with van der Waals surface area (Å²) in [5.41, 5.74) is 4.09. The molecule has 0 aliphatic heterocycles. The van der Waals surface area contributed by atoms with Crippen LogP contribution in [0.5, 0.6) is 5.75 Å². The summed E-state index contributed by atoms with van der Waals surface area (Å²) in [6.45, 7) is 6.29. The zero-order chi connectivity index (χ0) is 15.4. The van der Waals surface area contributed by atoms with Crippen molar-refractivity contribution >= 4 is 5.97 Å². The fourth-order valence-electron chi connectivity index (χ4n) is 2.13. The zero-order valence-electron chi connectivity index (χ0n) is 12.5. The first-order valence-corrected chi connectivity index (χ1v) is 6.93. The van der Waals surface area contributed by atoms with Gasteiger partial charge in [-0.05, 0) is 55.7 Å². The first kappa shape index (κ1) is 15.0.